The van der Waals surface area contributed by atoms with Crippen LogP contribution in [0.3, 0.4) is 0 Å². The second-order valence-electron chi connectivity index (χ2n) is 6.83. The highest BCUT2D eigenvalue weighted by atomic mass is 32.1. The fourth-order valence-electron chi connectivity index (χ4n) is 2.98. The van der Waals surface area contributed by atoms with E-state index in [0.717, 1.165) is 32.8 Å². The van der Waals surface area contributed by atoms with E-state index in [1.807, 2.05) is 18.6 Å². The lowest BCUT2D eigenvalue weighted by Gasteiger charge is -2.25. The average molecular weight is 392 g/mol. The molecule has 0 amide bonds. The first-order valence-electron chi connectivity index (χ1n) is 8.94. The minimum atomic E-state index is -0.388. The van der Waals surface area contributed by atoms with Crippen LogP contribution < -0.4 is 4.90 Å². The standard InChI is InChI=1S/C21H20N4O2S/c1-12(2)25(3)20-19(13-6-8-18-17(9-13)22-11-28-18)23-15-7-5-14(21(26)27-4)10-16(15)24-20/h5-12H,1-4H3. The molecule has 0 bridgehead atoms. The fourth-order valence-corrected chi connectivity index (χ4v) is 3.64. The molecule has 7 heteroatoms. The molecule has 2 aromatic carbocycles. The van der Waals surface area contributed by atoms with Crippen molar-refractivity contribution < 1.29 is 9.53 Å². The van der Waals surface area contributed by atoms with Crippen LogP contribution in [0.5, 0.6) is 0 Å². The molecule has 6 nitrogen and oxygen atoms in total. The van der Waals surface area contributed by atoms with E-state index in [-0.39, 0.29) is 12.0 Å². The quantitative estimate of drug-likeness (QED) is 0.475. The second kappa shape index (κ2) is 7.16. The van der Waals surface area contributed by atoms with Crippen molar-refractivity contribution in [3.63, 3.8) is 0 Å². The number of nitrogens with zero attached hydrogens (tertiary/aromatic N) is 4. The molecule has 142 valence electrons. The van der Waals surface area contributed by atoms with Gasteiger partial charge in [-0.1, -0.05) is 6.07 Å². The number of rotatable bonds is 4. The molecule has 0 aliphatic heterocycles. The zero-order valence-electron chi connectivity index (χ0n) is 16.1. The molecule has 4 aromatic rings. The van der Waals surface area contributed by atoms with Crippen molar-refractivity contribution in [2.24, 2.45) is 0 Å². The molecule has 0 unspecified atom stereocenters. The highest BCUT2D eigenvalue weighted by Crippen LogP contribution is 2.32. The number of methoxy groups -OCH3 is 1. The minimum absolute atomic E-state index is 0.234. The summed E-state index contributed by atoms with van der Waals surface area (Å²) in [5.41, 5.74) is 6.39. The van der Waals surface area contributed by atoms with Gasteiger partial charge in [0.15, 0.2) is 5.82 Å². The summed E-state index contributed by atoms with van der Waals surface area (Å²) in [5, 5.41) is 0. The van der Waals surface area contributed by atoms with E-state index < -0.39 is 0 Å². The maximum Gasteiger partial charge on any atom is 0.337 e. The Balaban J connectivity index is 1.94. The molecule has 0 saturated heterocycles. The summed E-state index contributed by atoms with van der Waals surface area (Å²) in [7, 11) is 3.36. The van der Waals surface area contributed by atoms with Crippen LogP contribution in [-0.2, 0) is 4.74 Å². The van der Waals surface area contributed by atoms with Gasteiger partial charge in [-0.3, -0.25) is 0 Å². The summed E-state index contributed by atoms with van der Waals surface area (Å²) in [6, 6.07) is 11.6. The van der Waals surface area contributed by atoms with Gasteiger partial charge in [-0.15, -0.1) is 11.3 Å². The summed E-state index contributed by atoms with van der Waals surface area (Å²) >= 11 is 1.61. The van der Waals surface area contributed by atoms with Gasteiger partial charge < -0.3 is 9.64 Å². The predicted molar refractivity (Wildman–Crippen MR) is 113 cm³/mol. The molecule has 2 aromatic heterocycles. The van der Waals surface area contributed by atoms with Gasteiger partial charge >= 0.3 is 5.97 Å². The van der Waals surface area contributed by atoms with E-state index in [4.69, 9.17) is 14.7 Å². The lowest BCUT2D eigenvalue weighted by atomic mass is 10.1. The van der Waals surface area contributed by atoms with Gasteiger partial charge in [-0.2, -0.15) is 0 Å². The van der Waals surface area contributed by atoms with Gasteiger partial charge in [0.1, 0.15) is 5.69 Å². The Labute approximate surface area is 166 Å². The van der Waals surface area contributed by atoms with Crippen molar-refractivity contribution >= 4 is 44.4 Å². The van der Waals surface area contributed by atoms with E-state index in [2.05, 4.69) is 35.9 Å². The Morgan fingerprint density at radius 2 is 1.89 bits per heavy atom. The van der Waals surface area contributed by atoms with Crippen LogP contribution in [-0.4, -0.2) is 41.1 Å². The summed E-state index contributed by atoms with van der Waals surface area (Å²) in [6.45, 7) is 4.20. The van der Waals surface area contributed by atoms with Crippen LogP contribution >= 0.6 is 11.3 Å². The Morgan fingerprint density at radius 1 is 1.07 bits per heavy atom. The van der Waals surface area contributed by atoms with E-state index in [1.54, 1.807) is 29.5 Å². The maximum absolute atomic E-state index is 11.9. The number of aromatic nitrogens is 3. The third kappa shape index (κ3) is 3.18. The Kier molecular flexibility index (Phi) is 4.68. The van der Waals surface area contributed by atoms with Gasteiger partial charge in [0.2, 0.25) is 0 Å². The zero-order chi connectivity index (χ0) is 19.8. The van der Waals surface area contributed by atoms with Crippen molar-refractivity contribution in [1.82, 2.24) is 15.0 Å². The van der Waals surface area contributed by atoms with Crippen molar-refractivity contribution in [2.45, 2.75) is 19.9 Å². The van der Waals surface area contributed by atoms with E-state index in [1.165, 1.54) is 7.11 Å². The van der Waals surface area contributed by atoms with Gasteiger partial charge in [-0.25, -0.2) is 19.7 Å². The number of carbonyl (C=O) groups excluding carboxylic acids is 1. The van der Waals surface area contributed by atoms with Crippen molar-refractivity contribution in [2.75, 3.05) is 19.1 Å². The molecule has 0 aliphatic rings. The minimum Gasteiger partial charge on any atom is -0.465 e. The predicted octanol–water partition coefficient (Wildman–Crippen LogP) is 4.54. The van der Waals surface area contributed by atoms with Crippen LogP contribution in [0.15, 0.2) is 41.9 Å². The number of thiazole rings is 1. The number of carbonyl (C=O) groups is 1. The van der Waals surface area contributed by atoms with Gasteiger partial charge in [0, 0.05) is 18.7 Å². The van der Waals surface area contributed by atoms with Gasteiger partial charge in [0.05, 0.1) is 39.4 Å². The SMILES string of the molecule is COC(=O)c1ccc2nc(-c3ccc4scnc4c3)c(N(C)C(C)C)nc2c1. The molecule has 4 rings (SSSR count). The first kappa shape index (κ1) is 18.3. The van der Waals surface area contributed by atoms with Gasteiger partial charge in [-0.05, 0) is 44.2 Å². The highest BCUT2D eigenvalue weighted by Gasteiger charge is 2.18. The van der Waals surface area contributed by atoms with E-state index in [9.17, 15) is 4.79 Å². The maximum atomic E-state index is 11.9. The summed E-state index contributed by atoms with van der Waals surface area (Å²) < 4.78 is 5.96. The van der Waals surface area contributed by atoms with Crippen LogP contribution in [0.4, 0.5) is 5.82 Å². The van der Waals surface area contributed by atoms with Crippen LogP contribution in [0.2, 0.25) is 0 Å². The number of ether oxygens (including phenoxy) is 1. The molecule has 0 N–H and O–H groups in total. The normalized spacial score (nSPS) is 11.3. The van der Waals surface area contributed by atoms with Crippen LogP contribution in [0.1, 0.15) is 24.2 Å². The third-order valence-electron chi connectivity index (χ3n) is 4.78. The Bertz CT molecular complexity index is 1190. The average Bonchev–Trinajstić information content (AvgIpc) is 3.18. The largest absolute Gasteiger partial charge is 0.465 e. The smallest absolute Gasteiger partial charge is 0.337 e. The highest BCUT2D eigenvalue weighted by molar-refractivity contribution is 7.16. The molecule has 0 radical (unpaired) electrons. The first-order chi connectivity index (χ1) is 13.5. The molecule has 2 heterocycles. The molecule has 0 fully saturated rings. The molecule has 0 spiro atoms. The number of esters is 1. The number of hydrogen-bond acceptors (Lipinski definition) is 7. The molecular formula is C21H20N4O2S. The molecular weight excluding hydrogens is 372 g/mol. The molecule has 0 saturated carbocycles. The summed E-state index contributed by atoms with van der Waals surface area (Å²) in [6.07, 6.45) is 0. The fraction of sp³-hybridized carbons (Fsp3) is 0.238. The number of hydrogen-bond donors (Lipinski definition) is 0. The first-order valence-corrected chi connectivity index (χ1v) is 9.82. The zero-order valence-corrected chi connectivity index (χ0v) is 16.9. The Morgan fingerprint density at radius 3 is 2.64 bits per heavy atom. The molecule has 0 aliphatic carbocycles. The van der Waals surface area contributed by atoms with Crippen molar-refractivity contribution in [3.8, 4) is 11.3 Å². The lowest BCUT2D eigenvalue weighted by molar-refractivity contribution is 0.0601. The van der Waals surface area contributed by atoms with E-state index >= 15 is 0 Å². The lowest BCUT2D eigenvalue weighted by Crippen LogP contribution is -2.27. The topological polar surface area (TPSA) is 68.2 Å². The second-order valence-corrected chi connectivity index (χ2v) is 7.72. The Hall–Kier alpha value is -3.06. The monoisotopic (exact) mass is 392 g/mol. The van der Waals surface area contributed by atoms with Crippen LogP contribution in [0, 0.1) is 0 Å². The molecule has 0 atom stereocenters. The number of anilines is 1. The van der Waals surface area contributed by atoms with E-state index in [0.29, 0.717) is 11.1 Å². The van der Waals surface area contributed by atoms with Gasteiger partial charge in [0.25, 0.3) is 0 Å². The molecule has 28 heavy (non-hydrogen) atoms. The number of fused-ring (bicyclic) bond motifs is 2. The summed E-state index contributed by atoms with van der Waals surface area (Å²) in [5.74, 6) is 0.375. The van der Waals surface area contributed by atoms with Crippen molar-refractivity contribution in [1.29, 1.82) is 0 Å². The van der Waals surface area contributed by atoms with Crippen molar-refractivity contribution in [3.05, 3.63) is 47.5 Å². The number of benzene rings is 2. The third-order valence-corrected chi connectivity index (χ3v) is 5.59. The summed E-state index contributed by atoms with van der Waals surface area (Å²) in [4.78, 5) is 28.1. The van der Waals surface area contributed by atoms with Crippen LogP contribution in [0.25, 0.3) is 32.5 Å².